The molecule has 0 bridgehead atoms. The van der Waals surface area contributed by atoms with E-state index in [1.165, 1.54) is 11.1 Å². The maximum absolute atomic E-state index is 10.9. The van der Waals surface area contributed by atoms with Crippen LogP contribution in [-0.2, 0) is 0 Å². The minimum absolute atomic E-state index is 0.781. The molecular formula is C12H13NO. The van der Waals surface area contributed by atoms with Crippen LogP contribution in [-0.4, -0.2) is 11.3 Å². The maximum atomic E-state index is 10.9. The van der Waals surface area contributed by atoms with Crippen LogP contribution in [0, 0.1) is 20.8 Å². The number of aromatic amines is 1. The lowest BCUT2D eigenvalue weighted by molar-refractivity contribution is 0.112. The second-order valence-corrected chi connectivity index (χ2v) is 3.71. The van der Waals surface area contributed by atoms with Gasteiger partial charge in [0.05, 0.1) is 0 Å². The minimum atomic E-state index is 0.781. The molecule has 0 atom stereocenters. The lowest BCUT2D eigenvalue weighted by atomic mass is 10.0. The van der Waals surface area contributed by atoms with Crippen molar-refractivity contribution in [3.8, 4) is 0 Å². The van der Waals surface area contributed by atoms with Crippen molar-refractivity contribution in [2.24, 2.45) is 0 Å². The molecule has 0 aliphatic rings. The third-order valence-corrected chi connectivity index (χ3v) is 2.86. The first-order valence-corrected chi connectivity index (χ1v) is 4.69. The van der Waals surface area contributed by atoms with Crippen LogP contribution in [0.4, 0.5) is 0 Å². The molecule has 2 nitrogen and oxygen atoms in total. The number of rotatable bonds is 1. The summed E-state index contributed by atoms with van der Waals surface area (Å²) < 4.78 is 0. The highest BCUT2D eigenvalue weighted by Crippen LogP contribution is 2.25. The molecule has 1 heterocycles. The number of aryl methyl sites for hydroxylation is 3. The molecule has 1 aromatic heterocycles. The predicted octanol–water partition coefficient (Wildman–Crippen LogP) is 2.91. The molecule has 0 fully saturated rings. The van der Waals surface area contributed by atoms with E-state index in [-0.39, 0.29) is 0 Å². The van der Waals surface area contributed by atoms with E-state index in [1.54, 1.807) is 0 Å². The fourth-order valence-corrected chi connectivity index (χ4v) is 1.81. The van der Waals surface area contributed by atoms with Crippen LogP contribution in [0.25, 0.3) is 10.9 Å². The predicted molar refractivity (Wildman–Crippen MR) is 57.9 cm³/mol. The SMILES string of the molecule is Cc1ccc2c(C=O)c(C)[nH]c2c1C. The third kappa shape index (κ3) is 1.07. The zero-order valence-corrected chi connectivity index (χ0v) is 8.64. The van der Waals surface area contributed by atoms with Gasteiger partial charge in [-0.3, -0.25) is 4.79 Å². The largest absolute Gasteiger partial charge is 0.358 e. The Balaban J connectivity index is 2.93. The highest BCUT2D eigenvalue weighted by atomic mass is 16.1. The van der Waals surface area contributed by atoms with E-state index in [0.717, 1.165) is 28.4 Å². The van der Waals surface area contributed by atoms with Crippen LogP contribution in [0.1, 0.15) is 27.2 Å². The average molecular weight is 187 g/mol. The van der Waals surface area contributed by atoms with Crippen LogP contribution < -0.4 is 0 Å². The lowest BCUT2D eigenvalue weighted by Crippen LogP contribution is -1.82. The van der Waals surface area contributed by atoms with Gasteiger partial charge in [0.1, 0.15) is 0 Å². The first kappa shape index (κ1) is 9.00. The summed E-state index contributed by atoms with van der Waals surface area (Å²) in [5, 5.41) is 1.03. The van der Waals surface area contributed by atoms with Crippen molar-refractivity contribution in [2.45, 2.75) is 20.8 Å². The number of hydrogen-bond acceptors (Lipinski definition) is 1. The highest BCUT2D eigenvalue weighted by Gasteiger charge is 2.09. The van der Waals surface area contributed by atoms with Gasteiger partial charge in [-0.05, 0) is 31.9 Å². The fraction of sp³-hybridized carbons (Fsp3) is 0.250. The Morgan fingerprint density at radius 2 is 1.93 bits per heavy atom. The third-order valence-electron chi connectivity index (χ3n) is 2.86. The molecule has 0 saturated carbocycles. The summed E-state index contributed by atoms with van der Waals surface area (Å²) in [4.78, 5) is 14.1. The van der Waals surface area contributed by atoms with E-state index in [9.17, 15) is 4.79 Å². The summed E-state index contributed by atoms with van der Waals surface area (Å²) in [5.74, 6) is 0. The van der Waals surface area contributed by atoms with Gasteiger partial charge < -0.3 is 4.98 Å². The van der Waals surface area contributed by atoms with Gasteiger partial charge >= 0.3 is 0 Å². The van der Waals surface area contributed by atoms with Crippen molar-refractivity contribution >= 4 is 17.2 Å². The number of aldehydes is 1. The number of aromatic nitrogens is 1. The Morgan fingerprint density at radius 1 is 1.21 bits per heavy atom. The summed E-state index contributed by atoms with van der Waals surface area (Å²) >= 11 is 0. The molecule has 2 aromatic rings. The molecule has 0 aliphatic carbocycles. The lowest BCUT2D eigenvalue weighted by Gasteiger charge is -2.00. The van der Waals surface area contributed by atoms with Gasteiger partial charge in [-0.25, -0.2) is 0 Å². The Labute approximate surface area is 82.9 Å². The van der Waals surface area contributed by atoms with E-state index < -0.39 is 0 Å². The second-order valence-electron chi connectivity index (χ2n) is 3.71. The van der Waals surface area contributed by atoms with Gasteiger partial charge in [0.2, 0.25) is 0 Å². The number of hydrogen-bond donors (Lipinski definition) is 1. The Morgan fingerprint density at radius 3 is 2.57 bits per heavy atom. The van der Waals surface area contributed by atoms with Gasteiger partial charge in [-0.2, -0.15) is 0 Å². The van der Waals surface area contributed by atoms with E-state index in [4.69, 9.17) is 0 Å². The van der Waals surface area contributed by atoms with Crippen LogP contribution in [0.5, 0.6) is 0 Å². The number of nitrogens with one attached hydrogen (secondary N) is 1. The smallest absolute Gasteiger partial charge is 0.152 e. The molecule has 0 unspecified atom stereocenters. The summed E-state index contributed by atoms with van der Waals surface area (Å²) in [5.41, 5.74) is 5.28. The molecule has 14 heavy (non-hydrogen) atoms. The van der Waals surface area contributed by atoms with Crippen molar-refractivity contribution in [2.75, 3.05) is 0 Å². The van der Waals surface area contributed by atoms with Crippen LogP contribution in [0.15, 0.2) is 12.1 Å². The molecule has 2 rings (SSSR count). The Hall–Kier alpha value is -1.57. The number of benzene rings is 1. The van der Waals surface area contributed by atoms with Crippen molar-refractivity contribution in [3.05, 3.63) is 34.5 Å². The van der Waals surface area contributed by atoms with Crippen LogP contribution >= 0.6 is 0 Å². The van der Waals surface area contributed by atoms with E-state index >= 15 is 0 Å². The number of carbonyl (C=O) groups is 1. The number of H-pyrrole nitrogens is 1. The molecule has 0 saturated heterocycles. The molecule has 0 aliphatic heterocycles. The van der Waals surface area contributed by atoms with E-state index in [0.29, 0.717) is 0 Å². The zero-order valence-electron chi connectivity index (χ0n) is 8.64. The monoisotopic (exact) mass is 187 g/mol. The molecule has 72 valence electrons. The highest BCUT2D eigenvalue weighted by molar-refractivity contribution is 6.00. The maximum Gasteiger partial charge on any atom is 0.152 e. The van der Waals surface area contributed by atoms with E-state index in [1.807, 2.05) is 13.0 Å². The average Bonchev–Trinajstić information content (AvgIpc) is 2.49. The Bertz CT molecular complexity index is 509. The van der Waals surface area contributed by atoms with Crippen LogP contribution in [0.3, 0.4) is 0 Å². The fourth-order valence-electron chi connectivity index (χ4n) is 1.81. The van der Waals surface area contributed by atoms with Gasteiger partial charge in [-0.15, -0.1) is 0 Å². The summed E-state index contributed by atoms with van der Waals surface area (Å²) in [6.07, 6.45) is 0.920. The van der Waals surface area contributed by atoms with E-state index in [2.05, 4.69) is 24.9 Å². The van der Waals surface area contributed by atoms with Crippen molar-refractivity contribution in [3.63, 3.8) is 0 Å². The van der Waals surface area contributed by atoms with Crippen molar-refractivity contribution in [1.29, 1.82) is 0 Å². The standard InChI is InChI=1S/C12H13NO/c1-7-4-5-10-11(6-14)9(3)13-12(10)8(7)2/h4-6,13H,1-3H3. The Kier molecular flexibility index (Phi) is 1.92. The molecular weight excluding hydrogens is 174 g/mol. The minimum Gasteiger partial charge on any atom is -0.358 e. The van der Waals surface area contributed by atoms with Gasteiger partial charge in [0.15, 0.2) is 6.29 Å². The van der Waals surface area contributed by atoms with Gasteiger partial charge in [-0.1, -0.05) is 12.1 Å². The first-order valence-electron chi connectivity index (χ1n) is 4.69. The van der Waals surface area contributed by atoms with Crippen molar-refractivity contribution < 1.29 is 4.79 Å². The second kappa shape index (κ2) is 2.98. The van der Waals surface area contributed by atoms with Crippen molar-refractivity contribution in [1.82, 2.24) is 4.98 Å². The summed E-state index contributed by atoms with van der Waals surface area (Å²) in [6, 6.07) is 4.06. The summed E-state index contributed by atoms with van der Waals surface area (Å²) in [6.45, 7) is 6.08. The summed E-state index contributed by atoms with van der Waals surface area (Å²) in [7, 11) is 0. The molecule has 0 radical (unpaired) electrons. The van der Waals surface area contributed by atoms with Gasteiger partial charge in [0.25, 0.3) is 0 Å². The number of fused-ring (bicyclic) bond motifs is 1. The first-order chi connectivity index (χ1) is 6.65. The van der Waals surface area contributed by atoms with Gasteiger partial charge in [0, 0.05) is 22.2 Å². The molecule has 2 heteroatoms. The topological polar surface area (TPSA) is 32.9 Å². The molecule has 0 spiro atoms. The zero-order chi connectivity index (χ0) is 10.3. The van der Waals surface area contributed by atoms with Crippen LogP contribution in [0.2, 0.25) is 0 Å². The molecule has 0 amide bonds. The molecule has 1 aromatic carbocycles. The normalized spacial score (nSPS) is 10.8. The number of carbonyl (C=O) groups excluding carboxylic acids is 1. The molecule has 1 N–H and O–H groups in total. The quantitative estimate of drug-likeness (QED) is 0.684.